The van der Waals surface area contributed by atoms with Crippen LogP contribution in [0, 0.1) is 0 Å². The Morgan fingerprint density at radius 2 is 1.89 bits per heavy atom. The second-order valence-corrected chi connectivity index (χ2v) is 8.06. The summed E-state index contributed by atoms with van der Waals surface area (Å²) < 4.78 is 46.2. The van der Waals surface area contributed by atoms with Crippen LogP contribution in [0.1, 0.15) is 29.0 Å². The van der Waals surface area contributed by atoms with Crippen molar-refractivity contribution in [1.82, 2.24) is 9.88 Å². The standard InChI is InChI=1S/C23H17F3N4O5/c24-23(25,26)35-16-5-3-15(4-6-16)30-20(32)22(8-9-22)29(21(30)33)13-14-7-10-27-18(12-14)28-19(31)17-2-1-11-34-17/h1-7,10-12H,8-9,13H2,(H,27,28,31). The number of carbonyl (C=O) groups excluding carboxylic acids is 3. The highest BCUT2D eigenvalue weighted by atomic mass is 19.4. The van der Waals surface area contributed by atoms with Crippen LogP contribution in [0.25, 0.3) is 0 Å². The van der Waals surface area contributed by atoms with Gasteiger partial charge in [0.15, 0.2) is 5.76 Å². The Hall–Kier alpha value is -4.35. The average Bonchev–Trinajstić information content (AvgIpc) is 3.36. The first kappa shape index (κ1) is 22.4. The monoisotopic (exact) mass is 486 g/mol. The molecule has 35 heavy (non-hydrogen) atoms. The van der Waals surface area contributed by atoms with Crippen LogP contribution in [0.4, 0.5) is 29.5 Å². The van der Waals surface area contributed by atoms with Crippen molar-refractivity contribution in [3.63, 3.8) is 0 Å². The highest BCUT2D eigenvalue weighted by Gasteiger charge is 2.65. The number of urea groups is 1. The van der Waals surface area contributed by atoms with Crippen LogP contribution in [0.5, 0.6) is 5.75 Å². The van der Waals surface area contributed by atoms with E-state index in [9.17, 15) is 27.6 Å². The van der Waals surface area contributed by atoms with Crippen molar-refractivity contribution in [1.29, 1.82) is 0 Å². The predicted octanol–water partition coefficient (Wildman–Crippen LogP) is 4.33. The van der Waals surface area contributed by atoms with Gasteiger partial charge in [-0.25, -0.2) is 14.7 Å². The third-order valence-corrected chi connectivity index (χ3v) is 5.74. The molecule has 12 heteroatoms. The molecule has 1 spiro atoms. The lowest BCUT2D eigenvalue weighted by Crippen LogP contribution is -2.36. The fraction of sp³-hybridized carbons (Fsp3) is 0.217. The molecule has 1 aromatic carbocycles. The molecule has 0 radical (unpaired) electrons. The fourth-order valence-corrected chi connectivity index (χ4v) is 3.97. The first-order valence-electron chi connectivity index (χ1n) is 10.5. The molecule has 9 nitrogen and oxygen atoms in total. The Morgan fingerprint density at radius 3 is 2.51 bits per heavy atom. The van der Waals surface area contributed by atoms with E-state index in [-0.39, 0.29) is 23.8 Å². The lowest BCUT2D eigenvalue weighted by atomic mass is 10.2. The maximum atomic E-state index is 13.2. The van der Waals surface area contributed by atoms with Crippen molar-refractivity contribution >= 4 is 29.4 Å². The molecule has 180 valence electrons. The van der Waals surface area contributed by atoms with Gasteiger partial charge in [-0.1, -0.05) is 0 Å². The molecule has 0 bridgehead atoms. The zero-order chi connectivity index (χ0) is 24.8. The van der Waals surface area contributed by atoms with Gasteiger partial charge in [-0.3, -0.25) is 9.59 Å². The molecule has 1 saturated heterocycles. The van der Waals surface area contributed by atoms with E-state index < -0.39 is 35.5 Å². The summed E-state index contributed by atoms with van der Waals surface area (Å²) in [6.45, 7) is 0.0719. The highest BCUT2D eigenvalue weighted by Crippen LogP contribution is 2.49. The number of amides is 4. The number of imide groups is 1. The highest BCUT2D eigenvalue weighted by molar-refractivity contribution is 6.24. The van der Waals surface area contributed by atoms with E-state index in [2.05, 4.69) is 15.0 Å². The van der Waals surface area contributed by atoms with Crippen molar-refractivity contribution in [3.05, 3.63) is 72.3 Å². The SMILES string of the molecule is O=C(Nc1cc(CN2C(=O)N(c3ccc(OC(F)(F)F)cc3)C(=O)C23CC3)ccn1)c1ccco1. The van der Waals surface area contributed by atoms with Gasteiger partial charge in [-0.05, 0) is 66.9 Å². The minimum Gasteiger partial charge on any atom is -0.459 e. The minimum atomic E-state index is -4.85. The van der Waals surface area contributed by atoms with E-state index in [0.29, 0.717) is 18.4 Å². The summed E-state index contributed by atoms with van der Waals surface area (Å²) >= 11 is 0. The summed E-state index contributed by atoms with van der Waals surface area (Å²) in [5, 5.41) is 2.61. The van der Waals surface area contributed by atoms with Crippen LogP contribution >= 0.6 is 0 Å². The second kappa shape index (κ2) is 8.15. The normalized spacial score (nSPS) is 16.7. The number of benzene rings is 1. The van der Waals surface area contributed by atoms with Crippen molar-refractivity contribution in [2.45, 2.75) is 31.3 Å². The summed E-state index contributed by atoms with van der Waals surface area (Å²) in [5.41, 5.74) is -0.235. The van der Waals surface area contributed by atoms with E-state index in [1.165, 1.54) is 35.6 Å². The molecule has 5 rings (SSSR count). The molecule has 2 fully saturated rings. The molecule has 1 aliphatic heterocycles. The first-order chi connectivity index (χ1) is 16.7. The molecule has 1 aliphatic carbocycles. The smallest absolute Gasteiger partial charge is 0.459 e. The third-order valence-electron chi connectivity index (χ3n) is 5.74. The number of anilines is 2. The molecule has 3 aromatic rings. The van der Waals surface area contributed by atoms with Gasteiger partial charge in [0.1, 0.15) is 17.1 Å². The van der Waals surface area contributed by atoms with Crippen molar-refractivity contribution in [2.75, 3.05) is 10.2 Å². The number of carbonyl (C=O) groups is 3. The maximum absolute atomic E-state index is 13.2. The number of nitrogens with one attached hydrogen (secondary N) is 1. The topological polar surface area (TPSA) is 105 Å². The zero-order valence-electron chi connectivity index (χ0n) is 17.9. The number of halogens is 3. The molecule has 2 aliphatic rings. The van der Waals surface area contributed by atoms with Gasteiger partial charge in [-0.15, -0.1) is 13.2 Å². The number of aromatic nitrogens is 1. The van der Waals surface area contributed by atoms with E-state index in [4.69, 9.17) is 4.42 Å². The fourth-order valence-electron chi connectivity index (χ4n) is 3.97. The van der Waals surface area contributed by atoms with Crippen LogP contribution in [0.2, 0.25) is 0 Å². The predicted molar refractivity (Wildman–Crippen MR) is 114 cm³/mol. The summed E-state index contributed by atoms with van der Waals surface area (Å²) in [5.74, 6) is -1.04. The minimum absolute atomic E-state index is 0.0719. The van der Waals surface area contributed by atoms with Crippen LogP contribution in [0.3, 0.4) is 0 Å². The number of hydrogen-bond donors (Lipinski definition) is 1. The summed E-state index contributed by atoms with van der Waals surface area (Å²) in [7, 11) is 0. The molecular weight excluding hydrogens is 469 g/mol. The molecule has 4 amide bonds. The van der Waals surface area contributed by atoms with Crippen molar-refractivity contribution in [3.8, 4) is 5.75 Å². The Kier molecular flexibility index (Phi) is 5.23. The lowest BCUT2D eigenvalue weighted by Gasteiger charge is -2.21. The number of furan rings is 1. The van der Waals surface area contributed by atoms with Gasteiger partial charge in [0, 0.05) is 12.7 Å². The number of rotatable bonds is 6. The maximum Gasteiger partial charge on any atom is 0.573 e. The van der Waals surface area contributed by atoms with E-state index in [1.807, 2.05) is 0 Å². The second-order valence-electron chi connectivity index (χ2n) is 8.06. The Balaban J connectivity index is 1.34. The molecule has 0 unspecified atom stereocenters. The Labute approximate surface area is 196 Å². The lowest BCUT2D eigenvalue weighted by molar-refractivity contribution is -0.274. The number of alkyl halides is 3. The summed E-state index contributed by atoms with van der Waals surface area (Å²) in [6.07, 6.45) is -1.08. The van der Waals surface area contributed by atoms with Gasteiger partial charge in [0.05, 0.1) is 12.0 Å². The van der Waals surface area contributed by atoms with E-state index in [0.717, 1.165) is 17.0 Å². The van der Waals surface area contributed by atoms with Gasteiger partial charge < -0.3 is 19.4 Å². The van der Waals surface area contributed by atoms with Gasteiger partial charge in [-0.2, -0.15) is 0 Å². The average molecular weight is 486 g/mol. The number of pyridine rings is 1. The molecule has 0 atom stereocenters. The molecule has 1 saturated carbocycles. The number of hydrogen-bond acceptors (Lipinski definition) is 6. The zero-order valence-corrected chi connectivity index (χ0v) is 17.9. The van der Waals surface area contributed by atoms with Crippen LogP contribution < -0.4 is 15.0 Å². The third kappa shape index (κ3) is 4.29. The van der Waals surface area contributed by atoms with Gasteiger partial charge >= 0.3 is 12.4 Å². The van der Waals surface area contributed by atoms with Crippen LogP contribution in [0.15, 0.2) is 65.4 Å². The number of nitrogens with zero attached hydrogens (tertiary/aromatic N) is 3. The largest absolute Gasteiger partial charge is 0.573 e. The molecule has 1 N–H and O–H groups in total. The quantitative estimate of drug-likeness (QED) is 0.520. The molecular formula is C23H17F3N4O5. The van der Waals surface area contributed by atoms with Crippen LogP contribution in [-0.4, -0.2) is 39.6 Å². The van der Waals surface area contributed by atoms with E-state index >= 15 is 0 Å². The van der Waals surface area contributed by atoms with Crippen LogP contribution in [-0.2, 0) is 11.3 Å². The first-order valence-corrected chi connectivity index (χ1v) is 10.5. The van der Waals surface area contributed by atoms with Gasteiger partial charge in [0.2, 0.25) is 0 Å². The Morgan fingerprint density at radius 1 is 1.14 bits per heavy atom. The van der Waals surface area contributed by atoms with Crippen molar-refractivity contribution in [2.24, 2.45) is 0 Å². The molecule has 3 heterocycles. The Bertz CT molecular complexity index is 1290. The van der Waals surface area contributed by atoms with Gasteiger partial charge in [0.25, 0.3) is 11.8 Å². The molecule has 2 aromatic heterocycles. The van der Waals surface area contributed by atoms with Crippen molar-refractivity contribution < 1.29 is 36.7 Å². The van der Waals surface area contributed by atoms with E-state index in [1.54, 1.807) is 18.2 Å². The summed E-state index contributed by atoms with van der Waals surface area (Å²) in [6, 6.07) is 10.3. The number of ether oxygens (including phenoxy) is 1. The summed E-state index contributed by atoms with van der Waals surface area (Å²) in [4.78, 5) is 45.1.